The minimum absolute atomic E-state index is 0.0380. The van der Waals surface area contributed by atoms with E-state index in [0.717, 1.165) is 12.3 Å². The summed E-state index contributed by atoms with van der Waals surface area (Å²) < 4.78 is 4.67. The molecule has 1 atom stereocenters. The van der Waals surface area contributed by atoms with Crippen LogP contribution in [-0.2, 0) is 14.3 Å². The van der Waals surface area contributed by atoms with Gasteiger partial charge in [0, 0.05) is 6.54 Å². The summed E-state index contributed by atoms with van der Waals surface area (Å²) in [7, 11) is 1.32. The van der Waals surface area contributed by atoms with E-state index in [2.05, 4.69) is 10.1 Å². The van der Waals surface area contributed by atoms with Gasteiger partial charge in [-0.05, 0) is 18.3 Å². The molecule has 1 unspecified atom stereocenters. The predicted octanol–water partition coefficient (Wildman–Crippen LogP) is 2.13. The van der Waals surface area contributed by atoms with E-state index in [1.165, 1.54) is 32.8 Å². The lowest BCUT2D eigenvalue weighted by molar-refractivity contribution is -0.151. The van der Waals surface area contributed by atoms with E-state index in [4.69, 9.17) is 0 Å². The Morgan fingerprint density at radius 1 is 1.28 bits per heavy atom. The Morgan fingerprint density at radius 2 is 1.89 bits per heavy atom. The number of ether oxygens (including phenoxy) is 1. The average Bonchev–Trinajstić information content (AvgIpc) is 2.81. The van der Waals surface area contributed by atoms with Crippen LogP contribution < -0.4 is 5.32 Å². The first-order valence-electron chi connectivity index (χ1n) is 6.91. The Hall–Kier alpha value is -1.06. The summed E-state index contributed by atoms with van der Waals surface area (Å²) in [4.78, 5) is 23.5. The lowest BCUT2D eigenvalue weighted by Crippen LogP contribution is -2.39. The smallest absolute Gasteiger partial charge is 0.318 e. The van der Waals surface area contributed by atoms with Crippen molar-refractivity contribution in [1.29, 1.82) is 0 Å². The Morgan fingerprint density at radius 3 is 2.39 bits per heavy atom. The lowest BCUT2D eigenvalue weighted by atomic mass is 9.95. The number of carbonyl (C=O) groups is 2. The molecule has 0 aromatic carbocycles. The van der Waals surface area contributed by atoms with Gasteiger partial charge in [0.05, 0.1) is 7.11 Å². The van der Waals surface area contributed by atoms with Gasteiger partial charge in [0.25, 0.3) is 0 Å². The van der Waals surface area contributed by atoms with E-state index < -0.39 is 11.9 Å². The zero-order valence-electron chi connectivity index (χ0n) is 11.7. The number of methoxy groups -OCH3 is 1. The van der Waals surface area contributed by atoms with E-state index in [-0.39, 0.29) is 11.8 Å². The molecule has 1 saturated carbocycles. The zero-order chi connectivity index (χ0) is 13.5. The summed E-state index contributed by atoms with van der Waals surface area (Å²) >= 11 is 0. The Labute approximate surface area is 109 Å². The van der Waals surface area contributed by atoms with Crippen molar-refractivity contribution in [2.24, 2.45) is 17.8 Å². The van der Waals surface area contributed by atoms with Crippen LogP contribution in [-0.4, -0.2) is 25.5 Å². The SMILES string of the molecule is COC(=O)C(C(=O)NCCC1CCCC1)C(C)C. The van der Waals surface area contributed by atoms with Crippen molar-refractivity contribution in [1.82, 2.24) is 5.32 Å². The topological polar surface area (TPSA) is 55.4 Å². The molecule has 4 heteroatoms. The molecule has 104 valence electrons. The van der Waals surface area contributed by atoms with Crippen molar-refractivity contribution < 1.29 is 14.3 Å². The minimum Gasteiger partial charge on any atom is -0.468 e. The number of rotatable bonds is 6. The van der Waals surface area contributed by atoms with Gasteiger partial charge in [-0.3, -0.25) is 9.59 Å². The quantitative estimate of drug-likeness (QED) is 0.584. The molecule has 4 nitrogen and oxygen atoms in total. The highest BCUT2D eigenvalue weighted by Gasteiger charge is 2.30. The molecule has 0 aromatic heterocycles. The van der Waals surface area contributed by atoms with Gasteiger partial charge in [0.2, 0.25) is 5.91 Å². The van der Waals surface area contributed by atoms with Gasteiger partial charge < -0.3 is 10.1 Å². The second-order valence-electron chi connectivity index (χ2n) is 5.48. The minimum atomic E-state index is -0.682. The number of amides is 1. The van der Waals surface area contributed by atoms with Crippen LogP contribution >= 0.6 is 0 Å². The molecule has 18 heavy (non-hydrogen) atoms. The molecular weight excluding hydrogens is 230 g/mol. The van der Waals surface area contributed by atoms with Crippen molar-refractivity contribution in [2.45, 2.75) is 46.0 Å². The van der Waals surface area contributed by atoms with E-state index in [0.29, 0.717) is 6.54 Å². The third-order valence-corrected chi connectivity index (χ3v) is 3.73. The molecule has 0 radical (unpaired) electrons. The van der Waals surface area contributed by atoms with Crippen LogP contribution in [0.3, 0.4) is 0 Å². The van der Waals surface area contributed by atoms with Crippen LogP contribution in [0.1, 0.15) is 46.0 Å². The van der Waals surface area contributed by atoms with Gasteiger partial charge in [-0.1, -0.05) is 39.5 Å². The van der Waals surface area contributed by atoms with E-state index in [9.17, 15) is 9.59 Å². The zero-order valence-corrected chi connectivity index (χ0v) is 11.7. The van der Waals surface area contributed by atoms with Gasteiger partial charge in [-0.25, -0.2) is 0 Å². The van der Waals surface area contributed by atoms with Crippen LogP contribution in [0.25, 0.3) is 0 Å². The second kappa shape index (κ2) is 7.39. The third-order valence-electron chi connectivity index (χ3n) is 3.73. The number of hydrogen-bond acceptors (Lipinski definition) is 3. The van der Waals surface area contributed by atoms with Crippen molar-refractivity contribution in [3.8, 4) is 0 Å². The molecule has 0 aromatic rings. The standard InChI is InChI=1S/C14H25NO3/c1-10(2)12(14(17)18-3)13(16)15-9-8-11-6-4-5-7-11/h10-12H,4-9H2,1-3H3,(H,15,16). The molecule has 1 amide bonds. The van der Waals surface area contributed by atoms with Crippen molar-refractivity contribution in [3.63, 3.8) is 0 Å². The van der Waals surface area contributed by atoms with E-state index in [1.807, 2.05) is 13.8 Å². The first-order valence-corrected chi connectivity index (χ1v) is 6.91. The lowest BCUT2D eigenvalue weighted by Gasteiger charge is -2.18. The summed E-state index contributed by atoms with van der Waals surface area (Å²) in [6.07, 6.45) is 6.21. The van der Waals surface area contributed by atoms with Crippen LogP contribution in [0.4, 0.5) is 0 Å². The molecule has 0 aliphatic heterocycles. The van der Waals surface area contributed by atoms with E-state index in [1.54, 1.807) is 0 Å². The van der Waals surface area contributed by atoms with E-state index >= 15 is 0 Å². The molecular formula is C14H25NO3. The average molecular weight is 255 g/mol. The molecule has 1 rings (SSSR count). The molecule has 1 fully saturated rings. The largest absolute Gasteiger partial charge is 0.468 e. The summed E-state index contributed by atoms with van der Waals surface area (Å²) in [5, 5.41) is 2.87. The van der Waals surface area contributed by atoms with Crippen molar-refractivity contribution >= 4 is 11.9 Å². The highest BCUT2D eigenvalue weighted by atomic mass is 16.5. The van der Waals surface area contributed by atoms with Crippen LogP contribution in [0, 0.1) is 17.8 Å². The fraction of sp³-hybridized carbons (Fsp3) is 0.857. The maximum absolute atomic E-state index is 11.9. The number of esters is 1. The number of hydrogen-bond donors (Lipinski definition) is 1. The first-order chi connectivity index (χ1) is 8.56. The Balaban J connectivity index is 2.34. The molecule has 0 bridgehead atoms. The third kappa shape index (κ3) is 4.31. The fourth-order valence-electron chi connectivity index (χ4n) is 2.62. The Kier molecular flexibility index (Phi) is 6.16. The molecule has 0 saturated heterocycles. The summed E-state index contributed by atoms with van der Waals surface area (Å²) in [5.41, 5.74) is 0. The van der Waals surface area contributed by atoms with Crippen molar-refractivity contribution in [3.05, 3.63) is 0 Å². The molecule has 1 N–H and O–H groups in total. The molecule has 0 heterocycles. The molecule has 1 aliphatic carbocycles. The highest BCUT2D eigenvalue weighted by molar-refractivity contribution is 5.97. The van der Waals surface area contributed by atoms with Gasteiger partial charge in [-0.2, -0.15) is 0 Å². The normalized spacial score (nSPS) is 17.8. The first kappa shape index (κ1) is 15.0. The second-order valence-corrected chi connectivity index (χ2v) is 5.48. The van der Waals surface area contributed by atoms with Gasteiger partial charge >= 0.3 is 5.97 Å². The van der Waals surface area contributed by atoms with Gasteiger partial charge in [-0.15, -0.1) is 0 Å². The fourth-order valence-corrected chi connectivity index (χ4v) is 2.62. The van der Waals surface area contributed by atoms with Crippen LogP contribution in [0.5, 0.6) is 0 Å². The monoisotopic (exact) mass is 255 g/mol. The Bertz CT molecular complexity index is 283. The molecule has 1 aliphatic rings. The maximum atomic E-state index is 11.9. The van der Waals surface area contributed by atoms with Crippen molar-refractivity contribution in [2.75, 3.05) is 13.7 Å². The number of carbonyl (C=O) groups excluding carboxylic acids is 2. The van der Waals surface area contributed by atoms with Crippen LogP contribution in [0.2, 0.25) is 0 Å². The summed E-state index contributed by atoms with van der Waals surface area (Å²) in [6, 6.07) is 0. The maximum Gasteiger partial charge on any atom is 0.318 e. The van der Waals surface area contributed by atoms with Crippen LogP contribution in [0.15, 0.2) is 0 Å². The predicted molar refractivity (Wildman–Crippen MR) is 69.9 cm³/mol. The summed E-state index contributed by atoms with van der Waals surface area (Å²) in [5.74, 6) is -0.610. The van der Waals surface area contributed by atoms with Gasteiger partial charge in [0.1, 0.15) is 5.92 Å². The highest BCUT2D eigenvalue weighted by Crippen LogP contribution is 2.27. The summed E-state index contributed by atoms with van der Waals surface area (Å²) in [6.45, 7) is 4.39. The molecule has 0 spiro atoms. The number of nitrogens with one attached hydrogen (secondary N) is 1. The van der Waals surface area contributed by atoms with Gasteiger partial charge in [0.15, 0.2) is 0 Å².